The number of fused-ring (bicyclic) bond motifs is 1. The van der Waals surface area contributed by atoms with Gasteiger partial charge >= 0.3 is 0 Å². The molecule has 0 saturated heterocycles. The van der Waals surface area contributed by atoms with E-state index >= 15 is 0 Å². The summed E-state index contributed by atoms with van der Waals surface area (Å²) in [5.41, 5.74) is 0.840. The number of rotatable bonds is 0. The van der Waals surface area contributed by atoms with Gasteiger partial charge in [-0.2, -0.15) is 0 Å². The van der Waals surface area contributed by atoms with Crippen molar-refractivity contribution in [3.63, 3.8) is 0 Å². The van der Waals surface area contributed by atoms with Gasteiger partial charge in [0.25, 0.3) is 0 Å². The molecule has 1 heterocycles. The predicted octanol–water partition coefficient (Wildman–Crippen LogP) is 3.09. The van der Waals surface area contributed by atoms with Crippen LogP contribution in [-0.2, 0) is 0 Å². The maximum atomic E-state index is 5.84. The van der Waals surface area contributed by atoms with Crippen LogP contribution < -0.4 is 0 Å². The van der Waals surface area contributed by atoms with Gasteiger partial charge in [0.15, 0.2) is 0 Å². The Morgan fingerprint density at radius 1 is 1.20 bits per heavy atom. The first-order valence-electron chi connectivity index (χ1n) is 2.99. The van der Waals surface area contributed by atoms with Crippen LogP contribution in [0.4, 0.5) is 0 Å². The van der Waals surface area contributed by atoms with Gasteiger partial charge in [-0.15, -0.1) is 0 Å². The largest absolute Gasteiger partial charge is 0.464 e. The van der Waals surface area contributed by atoms with E-state index < -0.39 is 0 Å². The van der Waals surface area contributed by atoms with Gasteiger partial charge in [0.1, 0.15) is 5.58 Å². The van der Waals surface area contributed by atoms with Crippen LogP contribution >= 0.6 is 11.6 Å². The van der Waals surface area contributed by atoms with E-state index in [2.05, 4.69) is 0 Å². The molecule has 50 valence electrons. The normalized spacial score (nSPS) is 10.5. The SMILES string of the molecule is Clc1cccc2occc12. The van der Waals surface area contributed by atoms with Crippen molar-refractivity contribution < 1.29 is 4.42 Å². The highest BCUT2D eigenvalue weighted by Crippen LogP contribution is 2.23. The zero-order valence-electron chi connectivity index (χ0n) is 5.17. The Labute approximate surface area is 63.2 Å². The Balaban J connectivity index is 2.95. The number of furan rings is 1. The van der Waals surface area contributed by atoms with Crippen molar-refractivity contribution in [1.29, 1.82) is 0 Å². The molecular formula is C8H5ClO. The lowest BCUT2D eigenvalue weighted by Crippen LogP contribution is -1.63. The summed E-state index contributed by atoms with van der Waals surface area (Å²) in [5, 5.41) is 1.72. The summed E-state index contributed by atoms with van der Waals surface area (Å²) in [7, 11) is 0. The van der Waals surface area contributed by atoms with Crippen molar-refractivity contribution in [1.82, 2.24) is 0 Å². The van der Waals surface area contributed by atoms with Crippen LogP contribution in [-0.4, -0.2) is 0 Å². The molecule has 0 unspecified atom stereocenters. The lowest BCUT2D eigenvalue weighted by molar-refractivity contribution is 0.616. The molecule has 1 aromatic heterocycles. The molecule has 2 rings (SSSR count). The third-order valence-electron chi connectivity index (χ3n) is 1.44. The van der Waals surface area contributed by atoms with Gasteiger partial charge in [-0.05, 0) is 18.2 Å². The summed E-state index contributed by atoms with van der Waals surface area (Å²) < 4.78 is 5.11. The first-order valence-corrected chi connectivity index (χ1v) is 3.37. The van der Waals surface area contributed by atoms with Crippen molar-refractivity contribution in [3.05, 3.63) is 35.6 Å². The molecule has 0 bridgehead atoms. The molecule has 2 heteroatoms. The van der Waals surface area contributed by atoms with E-state index in [-0.39, 0.29) is 0 Å². The minimum Gasteiger partial charge on any atom is -0.464 e. The van der Waals surface area contributed by atoms with Crippen LogP contribution in [0.5, 0.6) is 0 Å². The lowest BCUT2D eigenvalue weighted by Gasteiger charge is -1.88. The quantitative estimate of drug-likeness (QED) is 0.566. The van der Waals surface area contributed by atoms with Crippen molar-refractivity contribution in [2.24, 2.45) is 0 Å². The minimum absolute atomic E-state index is 0.742. The van der Waals surface area contributed by atoms with Crippen molar-refractivity contribution >= 4 is 22.6 Å². The van der Waals surface area contributed by atoms with Crippen molar-refractivity contribution in [2.45, 2.75) is 0 Å². The molecule has 0 amide bonds. The molecule has 0 atom stereocenters. The molecule has 0 radical (unpaired) electrons. The van der Waals surface area contributed by atoms with Crippen LogP contribution in [0, 0.1) is 0 Å². The van der Waals surface area contributed by atoms with Crippen molar-refractivity contribution in [3.8, 4) is 0 Å². The van der Waals surface area contributed by atoms with Crippen LogP contribution in [0.15, 0.2) is 34.9 Å². The van der Waals surface area contributed by atoms with Gasteiger partial charge in [0.2, 0.25) is 0 Å². The molecule has 2 aromatic rings. The van der Waals surface area contributed by atoms with Crippen LogP contribution in [0.25, 0.3) is 11.0 Å². The molecule has 0 N–H and O–H groups in total. The Morgan fingerprint density at radius 3 is 2.90 bits per heavy atom. The van der Waals surface area contributed by atoms with Gasteiger partial charge in [0, 0.05) is 5.39 Å². The zero-order chi connectivity index (χ0) is 6.97. The van der Waals surface area contributed by atoms with Crippen LogP contribution in [0.2, 0.25) is 5.02 Å². The van der Waals surface area contributed by atoms with Gasteiger partial charge in [-0.3, -0.25) is 0 Å². The highest BCUT2D eigenvalue weighted by atomic mass is 35.5. The summed E-state index contributed by atoms with van der Waals surface area (Å²) >= 11 is 5.84. The molecule has 0 saturated carbocycles. The number of hydrogen-bond acceptors (Lipinski definition) is 1. The molecule has 1 aromatic carbocycles. The smallest absolute Gasteiger partial charge is 0.135 e. The van der Waals surface area contributed by atoms with Crippen LogP contribution in [0.1, 0.15) is 0 Å². The van der Waals surface area contributed by atoms with Gasteiger partial charge in [-0.25, -0.2) is 0 Å². The molecule has 10 heavy (non-hydrogen) atoms. The summed E-state index contributed by atoms with van der Waals surface area (Å²) in [6.07, 6.45) is 1.64. The van der Waals surface area contributed by atoms with E-state index in [9.17, 15) is 0 Å². The fourth-order valence-electron chi connectivity index (χ4n) is 0.957. The monoisotopic (exact) mass is 152 g/mol. The van der Waals surface area contributed by atoms with Gasteiger partial charge in [-0.1, -0.05) is 17.7 Å². The Hall–Kier alpha value is -0.950. The maximum Gasteiger partial charge on any atom is 0.135 e. The highest BCUT2D eigenvalue weighted by Gasteiger charge is 1.97. The fraction of sp³-hybridized carbons (Fsp3) is 0. The Bertz CT molecular complexity index is 351. The third kappa shape index (κ3) is 0.711. The topological polar surface area (TPSA) is 13.1 Å². The van der Waals surface area contributed by atoms with E-state index in [0.29, 0.717) is 0 Å². The van der Waals surface area contributed by atoms with E-state index in [1.54, 1.807) is 6.26 Å². The fourth-order valence-corrected chi connectivity index (χ4v) is 1.19. The average Bonchev–Trinajstić information content (AvgIpc) is 2.36. The molecule has 0 spiro atoms. The summed E-state index contributed by atoms with van der Waals surface area (Å²) in [5.74, 6) is 0. The summed E-state index contributed by atoms with van der Waals surface area (Å²) in [4.78, 5) is 0. The number of halogens is 1. The predicted molar refractivity (Wildman–Crippen MR) is 41.2 cm³/mol. The highest BCUT2D eigenvalue weighted by molar-refractivity contribution is 6.35. The molecule has 0 aliphatic carbocycles. The molecule has 1 nitrogen and oxygen atoms in total. The lowest BCUT2D eigenvalue weighted by atomic mass is 10.3. The summed E-state index contributed by atoms with van der Waals surface area (Å²) in [6.45, 7) is 0. The van der Waals surface area contributed by atoms with E-state index in [4.69, 9.17) is 16.0 Å². The van der Waals surface area contributed by atoms with Crippen molar-refractivity contribution in [2.75, 3.05) is 0 Å². The van der Waals surface area contributed by atoms with E-state index in [1.807, 2.05) is 24.3 Å². The maximum absolute atomic E-state index is 5.84. The zero-order valence-corrected chi connectivity index (χ0v) is 5.93. The molecule has 0 fully saturated rings. The number of benzene rings is 1. The third-order valence-corrected chi connectivity index (χ3v) is 1.77. The van der Waals surface area contributed by atoms with Gasteiger partial charge < -0.3 is 4.42 Å². The molecular weight excluding hydrogens is 148 g/mol. The average molecular weight is 153 g/mol. The first-order chi connectivity index (χ1) is 4.88. The Morgan fingerprint density at radius 2 is 2.10 bits per heavy atom. The second-order valence-corrected chi connectivity index (χ2v) is 2.48. The second-order valence-electron chi connectivity index (χ2n) is 2.07. The Kier molecular flexibility index (Phi) is 1.18. The first kappa shape index (κ1) is 5.81. The van der Waals surface area contributed by atoms with E-state index in [0.717, 1.165) is 16.0 Å². The number of hydrogen-bond donors (Lipinski definition) is 0. The van der Waals surface area contributed by atoms with E-state index in [1.165, 1.54) is 0 Å². The molecule has 0 aliphatic heterocycles. The van der Waals surface area contributed by atoms with Gasteiger partial charge in [0.05, 0.1) is 11.3 Å². The minimum atomic E-state index is 0.742. The second kappa shape index (κ2) is 2.03. The summed E-state index contributed by atoms with van der Waals surface area (Å²) in [6, 6.07) is 7.46. The molecule has 0 aliphatic rings. The standard InChI is InChI=1S/C8H5ClO/c9-7-2-1-3-8-6(7)4-5-10-8/h1-5H. The van der Waals surface area contributed by atoms with Crippen LogP contribution in [0.3, 0.4) is 0 Å².